The SMILES string of the molecule is Cn1c(Sc2cc(C#N)c3cc(Cl)ccc3n2)nnc1C1COc2ccccc2O1. The minimum absolute atomic E-state index is 0.348. The van der Waals surface area contributed by atoms with Gasteiger partial charge >= 0.3 is 0 Å². The molecule has 30 heavy (non-hydrogen) atoms. The lowest BCUT2D eigenvalue weighted by atomic mass is 10.1. The summed E-state index contributed by atoms with van der Waals surface area (Å²) >= 11 is 7.39. The molecule has 0 N–H and O–H groups in total. The van der Waals surface area contributed by atoms with Crippen molar-refractivity contribution in [3.8, 4) is 17.6 Å². The third kappa shape index (κ3) is 3.32. The van der Waals surface area contributed by atoms with E-state index in [1.54, 1.807) is 24.3 Å². The summed E-state index contributed by atoms with van der Waals surface area (Å²) in [5, 5.41) is 20.7. The van der Waals surface area contributed by atoms with Crippen LogP contribution < -0.4 is 9.47 Å². The second-order valence-electron chi connectivity index (χ2n) is 6.65. The molecule has 1 aliphatic rings. The fourth-order valence-corrected chi connectivity index (χ4v) is 4.25. The number of hydrogen-bond donors (Lipinski definition) is 0. The molecular weight excluding hydrogens is 422 g/mol. The molecule has 1 unspecified atom stereocenters. The van der Waals surface area contributed by atoms with Crippen LogP contribution in [0.25, 0.3) is 10.9 Å². The lowest BCUT2D eigenvalue weighted by molar-refractivity contribution is 0.0825. The van der Waals surface area contributed by atoms with Crippen LogP contribution in [0.15, 0.2) is 58.7 Å². The Bertz CT molecular complexity index is 1320. The molecule has 9 heteroatoms. The highest BCUT2D eigenvalue weighted by atomic mass is 35.5. The lowest BCUT2D eigenvalue weighted by Gasteiger charge is -2.25. The van der Waals surface area contributed by atoms with Crippen LogP contribution in [-0.4, -0.2) is 26.4 Å². The molecule has 0 aliphatic carbocycles. The van der Waals surface area contributed by atoms with Gasteiger partial charge in [-0.15, -0.1) is 10.2 Å². The van der Waals surface area contributed by atoms with Gasteiger partial charge in [-0.1, -0.05) is 23.7 Å². The van der Waals surface area contributed by atoms with E-state index in [4.69, 9.17) is 21.1 Å². The van der Waals surface area contributed by atoms with Gasteiger partial charge in [0.05, 0.1) is 17.1 Å². The zero-order valence-electron chi connectivity index (χ0n) is 15.7. The predicted molar refractivity (Wildman–Crippen MR) is 112 cm³/mol. The van der Waals surface area contributed by atoms with E-state index in [-0.39, 0.29) is 6.10 Å². The highest BCUT2D eigenvalue weighted by Gasteiger charge is 2.27. The highest BCUT2D eigenvalue weighted by Crippen LogP contribution is 2.36. The highest BCUT2D eigenvalue weighted by molar-refractivity contribution is 7.99. The van der Waals surface area contributed by atoms with Crippen LogP contribution in [0.3, 0.4) is 0 Å². The van der Waals surface area contributed by atoms with E-state index in [0.29, 0.717) is 44.5 Å². The number of nitriles is 1. The maximum atomic E-state index is 9.53. The van der Waals surface area contributed by atoms with Crippen molar-refractivity contribution in [3.05, 3.63) is 64.9 Å². The van der Waals surface area contributed by atoms with Crippen molar-refractivity contribution >= 4 is 34.3 Å². The summed E-state index contributed by atoms with van der Waals surface area (Å²) in [6.45, 7) is 0.348. The Balaban J connectivity index is 1.44. The van der Waals surface area contributed by atoms with E-state index in [1.807, 2.05) is 35.9 Å². The molecule has 7 nitrogen and oxygen atoms in total. The van der Waals surface area contributed by atoms with Crippen LogP contribution in [-0.2, 0) is 7.05 Å². The fourth-order valence-electron chi connectivity index (χ4n) is 3.25. The molecule has 0 radical (unpaired) electrons. The zero-order chi connectivity index (χ0) is 20.7. The van der Waals surface area contributed by atoms with Crippen molar-refractivity contribution in [2.45, 2.75) is 16.3 Å². The molecule has 5 rings (SSSR count). The summed E-state index contributed by atoms with van der Waals surface area (Å²) in [5.74, 6) is 2.05. The maximum absolute atomic E-state index is 9.53. The lowest BCUT2D eigenvalue weighted by Crippen LogP contribution is -2.24. The molecule has 148 valence electrons. The summed E-state index contributed by atoms with van der Waals surface area (Å²) in [6, 6.07) is 16.8. The molecule has 1 aliphatic heterocycles. The van der Waals surface area contributed by atoms with Gasteiger partial charge in [-0.2, -0.15) is 5.26 Å². The van der Waals surface area contributed by atoms with Crippen LogP contribution in [0.1, 0.15) is 17.5 Å². The third-order valence-corrected chi connectivity index (χ3v) is 5.92. The normalized spacial score (nSPS) is 15.2. The molecule has 0 spiro atoms. The van der Waals surface area contributed by atoms with E-state index >= 15 is 0 Å². The quantitative estimate of drug-likeness (QED) is 0.466. The number of fused-ring (bicyclic) bond motifs is 2. The van der Waals surface area contributed by atoms with E-state index in [9.17, 15) is 5.26 Å². The number of pyridine rings is 1. The Hall–Kier alpha value is -3.28. The van der Waals surface area contributed by atoms with Gasteiger partial charge in [-0.3, -0.25) is 0 Å². The van der Waals surface area contributed by atoms with Crippen LogP contribution >= 0.6 is 23.4 Å². The Morgan fingerprint density at radius 3 is 2.83 bits per heavy atom. The summed E-state index contributed by atoms with van der Waals surface area (Å²) in [6.07, 6.45) is -0.367. The van der Waals surface area contributed by atoms with Crippen molar-refractivity contribution in [1.82, 2.24) is 19.7 Å². The van der Waals surface area contributed by atoms with Crippen molar-refractivity contribution in [2.24, 2.45) is 7.05 Å². The molecule has 0 saturated heterocycles. The molecule has 4 aromatic rings. The van der Waals surface area contributed by atoms with Gasteiger partial charge in [-0.05, 0) is 48.2 Å². The van der Waals surface area contributed by atoms with Gasteiger partial charge in [0, 0.05) is 17.5 Å². The molecule has 3 heterocycles. The van der Waals surface area contributed by atoms with Gasteiger partial charge < -0.3 is 14.0 Å². The van der Waals surface area contributed by atoms with Crippen LogP contribution in [0.2, 0.25) is 5.02 Å². The topological polar surface area (TPSA) is 85.9 Å². The van der Waals surface area contributed by atoms with E-state index < -0.39 is 0 Å². The van der Waals surface area contributed by atoms with Gasteiger partial charge in [0.25, 0.3) is 0 Å². The third-order valence-electron chi connectivity index (χ3n) is 4.73. The summed E-state index contributed by atoms with van der Waals surface area (Å²) in [7, 11) is 1.87. The number of para-hydroxylation sites is 2. The van der Waals surface area contributed by atoms with Crippen molar-refractivity contribution < 1.29 is 9.47 Å². The van der Waals surface area contributed by atoms with E-state index in [1.165, 1.54) is 11.8 Å². The van der Waals surface area contributed by atoms with Crippen LogP contribution in [0, 0.1) is 11.3 Å². The van der Waals surface area contributed by atoms with Crippen LogP contribution in [0.5, 0.6) is 11.5 Å². The van der Waals surface area contributed by atoms with Gasteiger partial charge in [0.15, 0.2) is 28.6 Å². The largest absolute Gasteiger partial charge is 0.485 e. The average molecular weight is 436 g/mol. The minimum atomic E-state index is -0.367. The second-order valence-corrected chi connectivity index (χ2v) is 8.07. The monoisotopic (exact) mass is 435 g/mol. The molecule has 1 atom stereocenters. The first kappa shape index (κ1) is 18.7. The number of nitrogens with zero attached hydrogens (tertiary/aromatic N) is 5. The number of hydrogen-bond acceptors (Lipinski definition) is 7. The Morgan fingerprint density at radius 2 is 2.00 bits per heavy atom. The van der Waals surface area contributed by atoms with Crippen molar-refractivity contribution in [1.29, 1.82) is 5.26 Å². The molecule has 2 aromatic carbocycles. The van der Waals surface area contributed by atoms with Crippen molar-refractivity contribution in [2.75, 3.05) is 6.61 Å². The first-order chi connectivity index (χ1) is 14.6. The van der Waals surface area contributed by atoms with E-state index in [2.05, 4.69) is 21.3 Å². The molecule has 0 bridgehead atoms. The number of ether oxygens (including phenoxy) is 2. The Labute approximate surface area is 181 Å². The average Bonchev–Trinajstić information content (AvgIpc) is 3.13. The standard InChI is InChI=1S/C21H14ClN5O2S/c1-27-20(18-11-28-16-4-2-3-5-17(16)29-18)25-26-21(27)30-19-8-12(10-23)14-9-13(22)6-7-15(14)24-19/h2-9,18H,11H2,1H3. The van der Waals surface area contributed by atoms with Gasteiger partial charge in [0.1, 0.15) is 11.6 Å². The second kappa shape index (κ2) is 7.52. The zero-order valence-corrected chi connectivity index (χ0v) is 17.3. The molecule has 0 amide bonds. The Morgan fingerprint density at radius 1 is 1.17 bits per heavy atom. The predicted octanol–water partition coefficient (Wildman–Crippen LogP) is 4.55. The summed E-state index contributed by atoms with van der Waals surface area (Å²) in [4.78, 5) is 4.63. The van der Waals surface area contributed by atoms with Gasteiger partial charge in [-0.25, -0.2) is 4.98 Å². The molecule has 0 saturated carbocycles. The minimum Gasteiger partial charge on any atom is -0.485 e. The number of rotatable bonds is 3. The van der Waals surface area contributed by atoms with Gasteiger partial charge in [0.2, 0.25) is 0 Å². The van der Waals surface area contributed by atoms with E-state index in [0.717, 1.165) is 11.1 Å². The Kier molecular flexibility index (Phi) is 4.69. The molecular formula is C21H14ClN5O2S. The number of halogens is 1. The first-order valence-electron chi connectivity index (χ1n) is 9.08. The maximum Gasteiger partial charge on any atom is 0.197 e. The molecule has 0 fully saturated rings. The number of aromatic nitrogens is 4. The smallest absolute Gasteiger partial charge is 0.197 e. The summed E-state index contributed by atoms with van der Waals surface area (Å²) in [5.41, 5.74) is 1.21. The van der Waals surface area contributed by atoms with Crippen molar-refractivity contribution in [3.63, 3.8) is 0 Å². The number of benzene rings is 2. The first-order valence-corrected chi connectivity index (χ1v) is 10.3. The fraction of sp³-hybridized carbons (Fsp3) is 0.143. The summed E-state index contributed by atoms with van der Waals surface area (Å²) < 4.78 is 13.7. The molecule has 2 aromatic heterocycles. The van der Waals surface area contributed by atoms with Crippen LogP contribution in [0.4, 0.5) is 0 Å².